The lowest BCUT2D eigenvalue weighted by Crippen LogP contribution is -2.48. The number of aromatic nitrogens is 2. The number of carbonyl (C=O) groups excluding carboxylic acids is 1. The first-order chi connectivity index (χ1) is 16.3. The second kappa shape index (κ2) is 9.76. The maximum atomic E-state index is 14.8. The Balaban J connectivity index is 1.65. The van der Waals surface area contributed by atoms with E-state index in [1.54, 1.807) is 12.1 Å². The van der Waals surface area contributed by atoms with Gasteiger partial charge in [0.25, 0.3) is 0 Å². The molecule has 2 atom stereocenters. The van der Waals surface area contributed by atoms with E-state index < -0.39 is 28.9 Å². The van der Waals surface area contributed by atoms with Crippen LogP contribution in [0.5, 0.6) is 11.5 Å². The number of fused-ring (bicyclic) bond motifs is 1. The smallest absolute Gasteiger partial charge is 0.246 e. The summed E-state index contributed by atoms with van der Waals surface area (Å²) in [6.07, 6.45) is 0.411. The van der Waals surface area contributed by atoms with Crippen molar-refractivity contribution in [1.82, 2.24) is 14.9 Å². The maximum Gasteiger partial charge on any atom is 0.246 e. The number of halogens is 4. The highest BCUT2D eigenvalue weighted by Crippen LogP contribution is 2.37. The van der Waals surface area contributed by atoms with E-state index in [1.165, 1.54) is 24.4 Å². The van der Waals surface area contributed by atoms with Crippen LogP contribution < -0.4 is 14.8 Å². The van der Waals surface area contributed by atoms with Gasteiger partial charge in [0.1, 0.15) is 29.1 Å². The van der Waals surface area contributed by atoms with Crippen LogP contribution in [0.3, 0.4) is 0 Å². The highest BCUT2D eigenvalue weighted by atomic mass is 35.5. The number of nitrogens with one attached hydrogen (secondary N) is 1. The van der Waals surface area contributed by atoms with Crippen molar-refractivity contribution in [2.75, 3.05) is 25.5 Å². The van der Waals surface area contributed by atoms with E-state index in [1.807, 2.05) is 0 Å². The number of amides is 1. The molecular formula is C23H20ClF3N4O3. The second-order valence-corrected chi connectivity index (χ2v) is 7.92. The van der Waals surface area contributed by atoms with Gasteiger partial charge in [-0.3, -0.25) is 4.79 Å². The fourth-order valence-corrected chi connectivity index (χ4v) is 3.84. The average Bonchev–Trinajstić information content (AvgIpc) is 2.84. The predicted molar refractivity (Wildman–Crippen MR) is 121 cm³/mol. The van der Waals surface area contributed by atoms with Gasteiger partial charge in [0, 0.05) is 24.4 Å². The second-order valence-electron chi connectivity index (χ2n) is 7.54. The summed E-state index contributed by atoms with van der Waals surface area (Å²) in [4.78, 5) is 21.5. The molecule has 0 aliphatic carbocycles. The fourth-order valence-electron chi connectivity index (χ4n) is 3.67. The summed E-state index contributed by atoms with van der Waals surface area (Å²) in [7, 11) is 1.43. The number of likely N-dealkylation sites (tertiary alicyclic amines) is 1. The highest BCUT2D eigenvalue weighted by molar-refractivity contribution is 6.31. The van der Waals surface area contributed by atoms with Gasteiger partial charge >= 0.3 is 0 Å². The number of methoxy groups -OCH3 is 1. The summed E-state index contributed by atoms with van der Waals surface area (Å²) in [6.45, 7) is 3.62. The van der Waals surface area contributed by atoms with Gasteiger partial charge in [0.2, 0.25) is 5.91 Å². The molecule has 11 heteroatoms. The van der Waals surface area contributed by atoms with Gasteiger partial charge in [0.05, 0.1) is 24.9 Å². The third-order valence-electron chi connectivity index (χ3n) is 5.46. The minimum absolute atomic E-state index is 0.0900. The maximum absolute atomic E-state index is 14.8. The first-order valence-electron chi connectivity index (χ1n) is 10.3. The summed E-state index contributed by atoms with van der Waals surface area (Å²) in [5.41, 5.74) is 0.353. The molecule has 4 rings (SSSR count). The summed E-state index contributed by atoms with van der Waals surface area (Å²) in [6, 6.07) is 5.35. The van der Waals surface area contributed by atoms with E-state index in [4.69, 9.17) is 21.1 Å². The molecule has 0 saturated carbocycles. The van der Waals surface area contributed by atoms with Crippen molar-refractivity contribution in [1.29, 1.82) is 0 Å². The zero-order chi connectivity index (χ0) is 24.4. The molecule has 0 radical (unpaired) electrons. The fraction of sp³-hybridized carbons (Fsp3) is 0.261. The van der Waals surface area contributed by atoms with Gasteiger partial charge in [0.15, 0.2) is 23.5 Å². The molecule has 1 aliphatic heterocycles. The van der Waals surface area contributed by atoms with Crippen LogP contribution in [0.15, 0.2) is 43.2 Å². The third kappa shape index (κ3) is 4.58. The molecule has 1 aromatic heterocycles. The van der Waals surface area contributed by atoms with Crippen LogP contribution in [0, 0.1) is 11.6 Å². The van der Waals surface area contributed by atoms with Crippen LogP contribution in [0.1, 0.15) is 6.42 Å². The summed E-state index contributed by atoms with van der Waals surface area (Å²) in [5.74, 6) is -1.47. The van der Waals surface area contributed by atoms with Gasteiger partial charge in [-0.05, 0) is 24.3 Å². The molecule has 7 nitrogen and oxygen atoms in total. The molecule has 1 fully saturated rings. The molecule has 178 valence electrons. The largest absolute Gasteiger partial charge is 0.493 e. The molecule has 2 heterocycles. The van der Waals surface area contributed by atoms with E-state index in [-0.39, 0.29) is 36.1 Å². The number of nitrogens with zero attached hydrogens (tertiary/aromatic N) is 3. The standard InChI is InChI=1S/C23H20ClF3N4O3/c1-3-20(32)31-7-6-17(14(26)10-31)34-19-8-12-16(9-18(19)33-2)28-11-29-23(12)30-15-5-4-13(25)21(24)22(15)27/h3-5,8-9,11,14,17H,1,6-7,10H2,2H3,(H,28,29,30)/t14-,17-/m1/s1. The van der Waals surface area contributed by atoms with Gasteiger partial charge in [-0.25, -0.2) is 23.1 Å². The van der Waals surface area contributed by atoms with Crippen molar-refractivity contribution in [3.63, 3.8) is 0 Å². The zero-order valence-electron chi connectivity index (χ0n) is 18.0. The van der Waals surface area contributed by atoms with E-state index in [9.17, 15) is 18.0 Å². The Labute approximate surface area is 198 Å². The van der Waals surface area contributed by atoms with Crippen LogP contribution in [0.4, 0.5) is 24.7 Å². The summed E-state index contributed by atoms with van der Waals surface area (Å²) < 4.78 is 54.0. The van der Waals surface area contributed by atoms with E-state index in [0.29, 0.717) is 23.2 Å². The number of hydrogen-bond donors (Lipinski definition) is 1. The van der Waals surface area contributed by atoms with Gasteiger partial charge in [-0.1, -0.05) is 18.2 Å². The van der Waals surface area contributed by atoms with Crippen molar-refractivity contribution in [3.8, 4) is 11.5 Å². The topological polar surface area (TPSA) is 76.6 Å². The summed E-state index contributed by atoms with van der Waals surface area (Å²) in [5, 5.41) is 2.56. The first-order valence-corrected chi connectivity index (χ1v) is 10.7. The SMILES string of the molecule is C=CC(=O)N1CC[C@@H](Oc2cc3c(Nc4ccc(F)c(Cl)c4F)ncnc3cc2OC)[C@H](F)C1. The average molecular weight is 493 g/mol. The number of hydrogen-bond acceptors (Lipinski definition) is 6. The number of rotatable bonds is 6. The lowest BCUT2D eigenvalue weighted by Gasteiger charge is -2.34. The highest BCUT2D eigenvalue weighted by Gasteiger charge is 2.33. The lowest BCUT2D eigenvalue weighted by atomic mass is 10.1. The van der Waals surface area contributed by atoms with Crippen LogP contribution in [-0.2, 0) is 4.79 Å². The van der Waals surface area contributed by atoms with Crippen LogP contribution in [-0.4, -0.2) is 53.2 Å². The number of anilines is 2. The number of alkyl halides is 1. The van der Waals surface area contributed by atoms with E-state index >= 15 is 0 Å². The minimum atomic E-state index is -1.43. The molecule has 1 N–H and O–H groups in total. The summed E-state index contributed by atoms with van der Waals surface area (Å²) >= 11 is 5.67. The number of benzene rings is 2. The van der Waals surface area contributed by atoms with Crippen LogP contribution in [0.2, 0.25) is 5.02 Å². The predicted octanol–water partition coefficient (Wildman–Crippen LogP) is 4.82. The van der Waals surface area contributed by atoms with Crippen molar-refractivity contribution in [2.24, 2.45) is 0 Å². The molecule has 2 aromatic carbocycles. The molecule has 1 aliphatic rings. The Hall–Kier alpha value is -3.53. The molecule has 1 amide bonds. The molecule has 34 heavy (non-hydrogen) atoms. The number of ether oxygens (including phenoxy) is 2. The van der Waals surface area contributed by atoms with Crippen LogP contribution in [0.25, 0.3) is 10.9 Å². The Morgan fingerprint density at radius 2 is 2.09 bits per heavy atom. The van der Waals surface area contributed by atoms with Crippen molar-refractivity contribution in [3.05, 3.63) is 59.9 Å². The van der Waals surface area contributed by atoms with Gasteiger partial charge in [-0.15, -0.1) is 0 Å². The molecule has 3 aromatic rings. The minimum Gasteiger partial charge on any atom is -0.493 e. The Kier molecular flexibility index (Phi) is 6.78. The Morgan fingerprint density at radius 1 is 1.29 bits per heavy atom. The van der Waals surface area contributed by atoms with Crippen molar-refractivity contribution < 1.29 is 27.4 Å². The quantitative estimate of drug-likeness (QED) is 0.393. The molecular weight excluding hydrogens is 473 g/mol. The Morgan fingerprint density at radius 3 is 2.79 bits per heavy atom. The molecule has 0 unspecified atom stereocenters. The number of piperidine rings is 1. The Bertz CT molecular complexity index is 1260. The molecule has 0 bridgehead atoms. The van der Waals surface area contributed by atoms with E-state index in [0.717, 1.165) is 12.1 Å². The van der Waals surface area contributed by atoms with Gasteiger partial charge < -0.3 is 19.7 Å². The third-order valence-corrected chi connectivity index (χ3v) is 5.80. The molecule has 1 saturated heterocycles. The zero-order valence-corrected chi connectivity index (χ0v) is 18.8. The van der Waals surface area contributed by atoms with Crippen molar-refractivity contribution >= 4 is 39.9 Å². The normalized spacial score (nSPS) is 18.0. The van der Waals surface area contributed by atoms with E-state index in [2.05, 4.69) is 21.9 Å². The van der Waals surface area contributed by atoms with Crippen LogP contribution >= 0.6 is 11.6 Å². The lowest BCUT2D eigenvalue weighted by molar-refractivity contribution is -0.129. The number of carbonyl (C=O) groups is 1. The molecule has 0 spiro atoms. The van der Waals surface area contributed by atoms with Gasteiger partial charge in [-0.2, -0.15) is 0 Å². The monoisotopic (exact) mass is 492 g/mol. The first kappa shape index (κ1) is 23.6. The van der Waals surface area contributed by atoms with Crippen molar-refractivity contribution in [2.45, 2.75) is 18.7 Å².